The average molecular weight is 268 g/mol. The summed E-state index contributed by atoms with van der Waals surface area (Å²) in [5.74, 6) is 1.77. The number of piperidine rings is 1. The first-order valence-corrected chi connectivity index (χ1v) is 8.32. The summed E-state index contributed by atoms with van der Waals surface area (Å²) in [6, 6.07) is 1.49. The molecule has 112 valence electrons. The second-order valence-corrected chi connectivity index (χ2v) is 6.69. The smallest absolute Gasteiger partial charge is 0.0443 e. The molecule has 4 unspecified atom stereocenters. The predicted molar refractivity (Wildman–Crippen MR) is 80.3 cm³/mol. The van der Waals surface area contributed by atoms with E-state index in [1.54, 1.807) is 0 Å². The first-order valence-electron chi connectivity index (χ1n) is 8.32. The van der Waals surface area contributed by atoms with Gasteiger partial charge in [0.2, 0.25) is 0 Å². The van der Waals surface area contributed by atoms with Crippen LogP contribution in [0.25, 0.3) is 0 Å². The molecular weight excluding hydrogens is 236 g/mol. The van der Waals surface area contributed by atoms with Gasteiger partial charge in [0.05, 0.1) is 0 Å². The summed E-state index contributed by atoms with van der Waals surface area (Å²) in [4.78, 5) is 2.76. The van der Waals surface area contributed by atoms with Crippen LogP contribution >= 0.6 is 0 Å². The summed E-state index contributed by atoms with van der Waals surface area (Å²) < 4.78 is 0. The van der Waals surface area contributed by atoms with Crippen molar-refractivity contribution in [2.24, 2.45) is 11.8 Å². The number of nitrogens with zero attached hydrogens (tertiary/aromatic N) is 1. The van der Waals surface area contributed by atoms with Crippen molar-refractivity contribution in [3.05, 3.63) is 0 Å². The third kappa shape index (κ3) is 4.17. The molecule has 2 rings (SSSR count). The van der Waals surface area contributed by atoms with Crippen LogP contribution in [-0.2, 0) is 0 Å². The van der Waals surface area contributed by atoms with Crippen LogP contribution in [0.4, 0.5) is 0 Å². The maximum Gasteiger partial charge on any atom is 0.0443 e. The fraction of sp³-hybridized carbons (Fsp3) is 1.00. The predicted octanol–water partition coefficient (Wildman–Crippen LogP) is 2.25. The Hall–Kier alpha value is -0.120. The number of aliphatic hydroxyl groups excluding tert-OH is 1. The molecular formula is C16H32N2O. The molecule has 0 amide bonds. The van der Waals surface area contributed by atoms with E-state index >= 15 is 0 Å². The van der Waals surface area contributed by atoms with E-state index in [1.165, 1.54) is 45.2 Å². The largest absolute Gasteiger partial charge is 0.396 e. The van der Waals surface area contributed by atoms with E-state index in [-0.39, 0.29) is 0 Å². The molecule has 1 saturated carbocycles. The van der Waals surface area contributed by atoms with Crippen molar-refractivity contribution in [3.63, 3.8) is 0 Å². The molecule has 0 aromatic heterocycles. The van der Waals surface area contributed by atoms with Gasteiger partial charge < -0.3 is 10.4 Å². The van der Waals surface area contributed by atoms with Gasteiger partial charge in [-0.1, -0.05) is 20.3 Å². The van der Waals surface area contributed by atoms with Crippen molar-refractivity contribution >= 4 is 0 Å². The molecule has 1 heterocycles. The van der Waals surface area contributed by atoms with E-state index in [0.717, 1.165) is 30.8 Å². The van der Waals surface area contributed by atoms with Gasteiger partial charge in [0.1, 0.15) is 0 Å². The molecule has 1 aliphatic carbocycles. The molecule has 2 aliphatic rings. The number of aliphatic hydroxyl groups is 1. The summed E-state index contributed by atoms with van der Waals surface area (Å²) in [5.41, 5.74) is 0. The minimum absolute atomic E-state index is 0.307. The molecule has 19 heavy (non-hydrogen) atoms. The van der Waals surface area contributed by atoms with Gasteiger partial charge in [-0.15, -0.1) is 0 Å². The molecule has 0 spiro atoms. The second-order valence-electron chi connectivity index (χ2n) is 6.69. The number of hydrogen-bond acceptors (Lipinski definition) is 3. The average Bonchev–Trinajstić information content (AvgIpc) is 2.37. The van der Waals surface area contributed by atoms with E-state index in [4.69, 9.17) is 5.11 Å². The first kappa shape index (κ1) is 15.3. The lowest BCUT2D eigenvalue weighted by Gasteiger charge is -2.48. The third-order valence-electron chi connectivity index (χ3n) is 5.07. The zero-order chi connectivity index (χ0) is 13.7. The molecule has 1 saturated heterocycles. The lowest BCUT2D eigenvalue weighted by molar-refractivity contribution is 0.0209. The van der Waals surface area contributed by atoms with Crippen LogP contribution < -0.4 is 5.32 Å². The standard InChI is InChI=1S/C16H32N2O/c1-3-5-14-10-15(17-8-4-9-19)12-18(11-14)16-7-6-13(16)2/h13-17,19H,3-12H2,1-2H3. The van der Waals surface area contributed by atoms with Crippen molar-refractivity contribution in [2.75, 3.05) is 26.2 Å². The second kappa shape index (κ2) is 7.61. The molecule has 0 bridgehead atoms. The third-order valence-corrected chi connectivity index (χ3v) is 5.07. The van der Waals surface area contributed by atoms with Gasteiger partial charge >= 0.3 is 0 Å². The summed E-state index contributed by atoms with van der Waals surface area (Å²) in [6.45, 7) is 8.53. The Labute approximate surface area is 118 Å². The Morgan fingerprint density at radius 3 is 2.68 bits per heavy atom. The lowest BCUT2D eigenvalue weighted by Crippen LogP contribution is -2.56. The zero-order valence-electron chi connectivity index (χ0n) is 12.8. The highest BCUT2D eigenvalue weighted by Gasteiger charge is 2.37. The van der Waals surface area contributed by atoms with Gasteiger partial charge in [-0.3, -0.25) is 4.90 Å². The van der Waals surface area contributed by atoms with E-state index < -0.39 is 0 Å². The van der Waals surface area contributed by atoms with Crippen molar-refractivity contribution in [2.45, 2.75) is 64.5 Å². The van der Waals surface area contributed by atoms with Crippen LogP contribution in [-0.4, -0.2) is 48.3 Å². The fourth-order valence-electron chi connectivity index (χ4n) is 3.85. The van der Waals surface area contributed by atoms with Crippen molar-refractivity contribution in [3.8, 4) is 0 Å². The quantitative estimate of drug-likeness (QED) is 0.695. The summed E-state index contributed by atoms with van der Waals surface area (Å²) in [7, 11) is 0. The van der Waals surface area contributed by atoms with Crippen LogP contribution in [0.2, 0.25) is 0 Å². The number of hydrogen-bond donors (Lipinski definition) is 2. The van der Waals surface area contributed by atoms with Gasteiger partial charge in [0.25, 0.3) is 0 Å². The van der Waals surface area contributed by atoms with E-state index in [1.807, 2.05) is 0 Å². The highest BCUT2D eigenvalue weighted by atomic mass is 16.3. The highest BCUT2D eigenvalue weighted by molar-refractivity contribution is 4.92. The fourth-order valence-corrected chi connectivity index (χ4v) is 3.85. The van der Waals surface area contributed by atoms with Crippen molar-refractivity contribution < 1.29 is 5.11 Å². The molecule has 3 heteroatoms. The van der Waals surface area contributed by atoms with E-state index in [0.29, 0.717) is 12.6 Å². The monoisotopic (exact) mass is 268 g/mol. The first-order chi connectivity index (χ1) is 9.24. The summed E-state index contributed by atoms with van der Waals surface area (Å²) in [6.07, 6.45) is 7.72. The Morgan fingerprint density at radius 1 is 1.26 bits per heavy atom. The highest BCUT2D eigenvalue weighted by Crippen LogP contribution is 2.35. The summed E-state index contributed by atoms with van der Waals surface area (Å²) in [5, 5.41) is 12.6. The van der Waals surface area contributed by atoms with Gasteiger partial charge in [0, 0.05) is 31.8 Å². The van der Waals surface area contributed by atoms with Crippen LogP contribution in [0.1, 0.15) is 52.4 Å². The van der Waals surface area contributed by atoms with Gasteiger partial charge in [-0.2, -0.15) is 0 Å². The number of rotatable bonds is 7. The normalized spacial score (nSPS) is 36.2. The molecule has 0 aromatic carbocycles. The molecule has 3 nitrogen and oxygen atoms in total. The zero-order valence-corrected chi connectivity index (χ0v) is 12.8. The molecule has 0 radical (unpaired) electrons. The Balaban J connectivity index is 1.84. The topological polar surface area (TPSA) is 35.5 Å². The molecule has 1 aliphatic heterocycles. The van der Waals surface area contributed by atoms with Crippen LogP contribution in [0, 0.1) is 11.8 Å². The number of likely N-dealkylation sites (tertiary alicyclic amines) is 1. The van der Waals surface area contributed by atoms with Gasteiger partial charge in [-0.05, 0) is 50.5 Å². The van der Waals surface area contributed by atoms with E-state index in [9.17, 15) is 0 Å². The van der Waals surface area contributed by atoms with E-state index in [2.05, 4.69) is 24.1 Å². The van der Waals surface area contributed by atoms with Crippen LogP contribution in [0.15, 0.2) is 0 Å². The van der Waals surface area contributed by atoms with Crippen LogP contribution in [0.3, 0.4) is 0 Å². The molecule has 0 aromatic rings. The van der Waals surface area contributed by atoms with Gasteiger partial charge in [0.15, 0.2) is 0 Å². The minimum Gasteiger partial charge on any atom is -0.396 e. The number of nitrogens with one attached hydrogen (secondary N) is 1. The molecule has 4 atom stereocenters. The maximum atomic E-state index is 8.90. The van der Waals surface area contributed by atoms with Gasteiger partial charge in [-0.25, -0.2) is 0 Å². The Bertz CT molecular complexity index is 259. The summed E-state index contributed by atoms with van der Waals surface area (Å²) >= 11 is 0. The van der Waals surface area contributed by atoms with Crippen molar-refractivity contribution in [1.29, 1.82) is 0 Å². The van der Waals surface area contributed by atoms with Crippen molar-refractivity contribution in [1.82, 2.24) is 10.2 Å². The SMILES string of the molecule is CCCC1CC(NCCCO)CN(C2CCC2C)C1. The molecule has 2 N–H and O–H groups in total. The Kier molecular flexibility index (Phi) is 6.11. The molecule has 2 fully saturated rings. The lowest BCUT2D eigenvalue weighted by atomic mass is 9.78. The minimum atomic E-state index is 0.307. The van der Waals surface area contributed by atoms with Crippen LogP contribution in [0.5, 0.6) is 0 Å². The maximum absolute atomic E-state index is 8.90. The Morgan fingerprint density at radius 2 is 2.11 bits per heavy atom.